The largest absolute Gasteiger partial charge is 0.417 e. The van der Waals surface area contributed by atoms with Crippen molar-refractivity contribution in [3.8, 4) is 0 Å². The number of amides is 1. The van der Waals surface area contributed by atoms with Gasteiger partial charge in [0.2, 0.25) is 5.91 Å². The molecule has 0 bridgehead atoms. The van der Waals surface area contributed by atoms with Crippen molar-refractivity contribution in [3.05, 3.63) is 64.4 Å². The molecule has 3 rings (SSSR count). The first-order valence-electron chi connectivity index (χ1n) is 8.87. The molecule has 0 aromatic heterocycles. The van der Waals surface area contributed by atoms with Crippen LogP contribution >= 0.6 is 11.6 Å². The van der Waals surface area contributed by atoms with E-state index in [4.69, 9.17) is 11.6 Å². The van der Waals surface area contributed by atoms with Gasteiger partial charge in [-0.25, -0.2) is 4.39 Å². The van der Waals surface area contributed by atoms with E-state index in [0.29, 0.717) is 25.1 Å². The average Bonchev–Trinajstić information content (AvgIpc) is 2.64. The summed E-state index contributed by atoms with van der Waals surface area (Å²) in [6.07, 6.45) is -3.22. The molecule has 1 N–H and O–H groups in total. The lowest BCUT2D eigenvalue weighted by atomic mass is 9.96. The van der Waals surface area contributed by atoms with Gasteiger partial charge in [0.1, 0.15) is 5.82 Å². The second kappa shape index (κ2) is 8.49. The maximum atomic E-state index is 13.8. The first-order chi connectivity index (χ1) is 13.2. The number of halogens is 5. The molecule has 2 aromatic rings. The zero-order chi connectivity index (χ0) is 20.3. The number of hydrogen-bond donors (Lipinski definition) is 1. The Morgan fingerprint density at radius 1 is 1.21 bits per heavy atom. The van der Waals surface area contributed by atoms with Crippen molar-refractivity contribution in [1.29, 1.82) is 0 Å². The molecule has 1 unspecified atom stereocenters. The van der Waals surface area contributed by atoms with Gasteiger partial charge < -0.3 is 5.32 Å². The second-order valence-electron chi connectivity index (χ2n) is 6.85. The summed E-state index contributed by atoms with van der Waals surface area (Å²) in [7, 11) is 0. The molecule has 1 aliphatic rings. The van der Waals surface area contributed by atoms with Crippen LogP contribution in [0.15, 0.2) is 42.5 Å². The molecule has 0 radical (unpaired) electrons. The number of carbonyl (C=O) groups is 1. The molecule has 150 valence electrons. The predicted molar refractivity (Wildman–Crippen MR) is 99.5 cm³/mol. The molecule has 1 heterocycles. The zero-order valence-electron chi connectivity index (χ0n) is 14.9. The van der Waals surface area contributed by atoms with Crippen LogP contribution in [-0.4, -0.2) is 23.9 Å². The van der Waals surface area contributed by atoms with E-state index in [1.165, 1.54) is 12.1 Å². The number of piperidine rings is 1. The molecule has 1 atom stereocenters. The van der Waals surface area contributed by atoms with Gasteiger partial charge in [-0.15, -0.1) is 0 Å². The number of anilines is 1. The minimum atomic E-state index is -4.60. The highest BCUT2D eigenvalue weighted by Crippen LogP contribution is 2.36. The number of likely N-dealkylation sites (tertiary alicyclic amines) is 1. The summed E-state index contributed by atoms with van der Waals surface area (Å²) in [5.41, 5.74) is -0.388. The van der Waals surface area contributed by atoms with Crippen LogP contribution < -0.4 is 5.32 Å². The fraction of sp³-hybridized carbons (Fsp3) is 0.350. The lowest BCUT2D eigenvalue weighted by Crippen LogP contribution is -2.40. The van der Waals surface area contributed by atoms with Crippen molar-refractivity contribution in [2.45, 2.75) is 25.6 Å². The highest BCUT2D eigenvalue weighted by atomic mass is 35.5. The lowest BCUT2D eigenvalue weighted by molar-refractivity contribution is -0.137. The van der Waals surface area contributed by atoms with Crippen LogP contribution in [0.5, 0.6) is 0 Å². The standard InChI is InChI=1S/C20H19ClF4N2O/c21-17-8-7-15(10-16(17)20(23,24)25)26-19(28)14-5-3-9-27(12-14)11-13-4-1-2-6-18(13)22/h1-2,4,6-8,10,14H,3,5,9,11-12H2,(H,26,28). The lowest BCUT2D eigenvalue weighted by Gasteiger charge is -2.32. The molecule has 2 aromatic carbocycles. The summed E-state index contributed by atoms with van der Waals surface area (Å²) in [4.78, 5) is 14.5. The summed E-state index contributed by atoms with van der Waals surface area (Å²) in [6, 6.07) is 9.76. The second-order valence-corrected chi connectivity index (χ2v) is 7.25. The number of alkyl halides is 3. The van der Waals surface area contributed by atoms with Gasteiger partial charge in [0.25, 0.3) is 0 Å². The first-order valence-corrected chi connectivity index (χ1v) is 9.25. The number of hydrogen-bond acceptors (Lipinski definition) is 2. The quantitative estimate of drug-likeness (QED) is 0.684. The third kappa shape index (κ3) is 5.02. The van der Waals surface area contributed by atoms with Crippen molar-refractivity contribution >= 4 is 23.2 Å². The summed E-state index contributed by atoms with van der Waals surface area (Å²) < 4.78 is 52.8. The smallest absolute Gasteiger partial charge is 0.326 e. The van der Waals surface area contributed by atoms with Gasteiger partial charge in [0.15, 0.2) is 0 Å². The highest BCUT2D eigenvalue weighted by Gasteiger charge is 2.34. The summed E-state index contributed by atoms with van der Waals surface area (Å²) in [6.45, 7) is 1.53. The number of rotatable bonds is 4. The molecule has 1 fully saturated rings. The van der Waals surface area contributed by atoms with Gasteiger partial charge in [-0.05, 0) is 43.7 Å². The number of nitrogens with zero attached hydrogens (tertiary/aromatic N) is 1. The highest BCUT2D eigenvalue weighted by molar-refractivity contribution is 6.31. The Morgan fingerprint density at radius 2 is 1.96 bits per heavy atom. The SMILES string of the molecule is O=C(Nc1ccc(Cl)c(C(F)(F)F)c1)C1CCCN(Cc2ccccc2F)C1. The Bertz CT molecular complexity index is 856. The van der Waals surface area contributed by atoms with E-state index in [1.54, 1.807) is 18.2 Å². The zero-order valence-corrected chi connectivity index (χ0v) is 15.7. The van der Waals surface area contributed by atoms with Gasteiger partial charge in [-0.2, -0.15) is 13.2 Å². The third-order valence-corrected chi connectivity index (χ3v) is 5.10. The third-order valence-electron chi connectivity index (χ3n) is 4.77. The Kier molecular flexibility index (Phi) is 6.25. The number of carbonyl (C=O) groups excluding carboxylic acids is 1. The van der Waals surface area contributed by atoms with Gasteiger partial charge in [-0.3, -0.25) is 9.69 Å². The predicted octanol–water partition coefficient (Wildman–Crippen LogP) is 5.35. The average molecular weight is 415 g/mol. The summed E-state index contributed by atoms with van der Waals surface area (Å²) in [5, 5.41) is 2.13. The maximum absolute atomic E-state index is 13.8. The minimum Gasteiger partial charge on any atom is -0.326 e. The Labute approximate surface area is 165 Å². The Morgan fingerprint density at radius 3 is 2.68 bits per heavy atom. The molecule has 1 aliphatic heterocycles. The fourth-order valence-corrected chi connectivity index (χ4v) is 3.57. The van der Waals surface area contributed by atoms with Crippen molar-refractivity contribution in [2.75, 3.05) is 18.4 Å². The summed E-state index contributed by atoms with van der Waals surface area (Å²) >= 11 is 5.60. The topological polar surface area (TPSA) is 32.3 Å². The Balaban J connectivity index is 1.65. The molecule has 3 nitrogen and oxygen atoms in total. The van der Waals surface area contributed by atoms with Crippen molar-refractivity contribution < 1.29 is 22.4 Å². The fourth-order valence-electron chi connectivity index (χ4n) is 3.35. The van der Waals surface area contributed by atoms with E-state index < -0.39 is 16.8 Å². The van der Waals surface area contributed by atoms with Crippen molar-refractivity contribution in [1.82, 2.24) is 4.90 Å². The molecule has 0 saturated carbocycles. The van der Waals surface area contributed by atoms with Crippen LogP contribution in [0.4, 0.5) is 23.2 Å². The van der Waals surface area contributed by atoms with Crippen molar-refractivity contribution in [2.24, 2.45) is 5.92 Å². The van der Waals surface area contributed by atoms with Gasteiger partial charge in [0.05, 0.1) is 16.5 Å². The maximum Gasteiger partial charge on any atom is 0.417 e. The van der Waals surface area contributed by atoms with E-state index in [2.05, 4.69) is 5.32 Å². The molecule has 1 saturated heterocycles. The van der Waals surface area contributed by atoms with Gasteiger partial charge >= 0.3 is 6.18 Å². The van der Waals surface area contributed by atoms with Gasteiger partial charge in [0, 0.05) is 24.3 Å². The van der Waals surface area contributed by atoms with E-state index in [9.17, 15) is 22.4 Å². The van der Waals surface area contributed by atoms with Crippen LogP contribution in [0, 0.1) is 11.7 Å². The monoisotopic (exact) mass is 414 g/mol. The van der Waals surface area contributed by atoms with Gasteiger partial charge in [-0.1, -0.05) is 29.8 Å². The van der Waals surface area contributed by atoms with E-state index in [0.717, 1.165) is 25.1 Å². The minimum absolute atomic E-state index is 0.0490. The molecule has 28 heavy (non-hydrogen) atoms. The molecule has 0 aliphatic carbocycles. The van der Waals surface area contributed by atoms with Crippen molar-refractivity contribution in [3.63, 3.8) is 0 Å². The van der Waals surface area contributed by atoms with Crippen LogP contribution in [0.2, 0.25) is 5.02 Å². The van der Waals surface area contributed by atoms with E-state index >= 15 is 0 Å². The molecule has 8 heteroatoms. The Hall–Kier alpha value is -2.12. The van der Waals surface area contributed by atoms with Crippen LogP contribution in [0.3, 0.4) is 0 Å². The van der Waals surface area contributed by atoms with Crippen LogP contribution in [0.25, 0.3) is 0 Å². The first kappa shape index (κ1) is 20.6. The normalized spacial score (nSPS) is 18.1. The van der Waals surface area contributed by atoms with E-state index in [1.807, 2.05) is 4.90 Å². The number of nitrogens with one attached hydrogen (secondary N) is 1. The van der Waals surface area contributed by atoms with Crippen LogP contribution in [0.1, 0.15) is 24.0 Å². The number of benzene rings is 2. The van der Waals surface area contributed by atoms with E-state index in [-0.39, 0.29) is 23.3 Å². The van der Waals surface area contributed by atoms with Crippen LogP contribution in [-0.2, 0) is 17.5 Å². The molecular formula is C20H19ClF4N2O. The molecule has 1 amide bonds. The molecule has 0 spiro atoms. The molecular weight excluding hydrogens is 396 g/mol. The summed E-state index contributed by atoms with van der Waals surface area (Å²) in [5.74, 6) is -1.03.